The summed E-state index contributed by atoms with van der Waals surface area (Å²) < 4.78 is 15.9. The van der Waals surface area contributed by atoms with E-state index in [-0.39, 0.29) is 17.9 Å². The minimum absolute atomic E-state index is 0.157. The molecule has 0 saturated carbocycles. The Balaban J connectivity index is 1.70. The highest BCUT2D eigenvalue weighted by Crippen LogP contribution is 2.42. The molecule has 3 heterocycles. The summed E-state index contributed by atoms with van der Waals surface area (Å²) in [6, 6.07) is 26.5. The Hall–Kier alpha value is -3.51. The van der Waals surface area contributed by atoms with Gasteiger partial charge in [0.05, 0.1) is 11.7 Å². The van der Waals surface area contributed by atoms with E-state index in [1.807, 2.05) is 36.4 Å². The maximum absolute atomic E-state index is 13.6. The summed E-state index contributed by atoms with van der Waals surface area (Å²) in [5.41, 5.74) is 5.02. The van der Waals surface area contributed by atoms with Gasteiger partial charge in [0.2, 0.25) is 0 Å². The van der Waals surface area contributed by atoms with Gasteiger partial charge in [-0.1, -0.05) is 24.3 Å². The first kappa shape index (κ1) is 19.5. The highest BCUT2D eigenvalue weighted by molar-refractivity contribution is 7.80. The van der Waals surface area contributed by atoms with Crippen LogP contribution in [0.3, 0.4) is 0 Å². The van der Waals surface area contributed by atoms with Crippen LogP contribution in [0.2, 0.25) is 0 Å². The summed E-state index contributed by atoms with van der Waals surface area (Å²) in [7, 11) is 0. The fourth-order valence-electron chi connectivity index (χ4n) is 4.25. The zero-order chi connectivity index (χ0) is 21.4. The standard InChI is InChI=1S/C25H21FN4S/c1-17-10-15-22(29(17)19-7-3-2-4-8-19)24-23(21-9-5-6-16-27-21)28-25(31)30(24)20-13-11-18(26)12-14-20/h2-16,23-24H,1H3,(H,28,31). The number of benzene rings is 2. The van der Waals surface area contributed by atoms with Crippen LogP contribution >= 0.6 is 12.2 Å². The van der Waals surface area contributed by atoms with Crippen molar-refractivity contribution >= 4 is 23.0 Å². The van der Waals surface area contributed by atoms with Crippen molar-refractivity contribution in [3.8, 4) is 5.69 Å². The molecular weight excluding hydrogens is 407 g/mol. The highest BCUT2D eigenvalue weighted by Gasteiger charge is 2.42. The molecule has 1 aliphatic rings. The van der Waals surface area contributed by atoms with Gasteiger partial charge in [-0.15, -0.1) is 0 Å². The number of hydrogen-bond acceptors (Lipinski definition) is 2. The molecule has 5 rings (SSSR count). The molecule has 0 aliphatic carbocycles. The van der Waals surface area contributed by atoms with E-state index in [0.717, 1.165) is 28.5 Å². The lowest BCUT2D eigenvalue weighted by Crippen LogP contribution is -2.30. The monoisotopic (exact) mass is 428 g/mol. The summed E-state index contributed by atoms with van der Waals surface area (Å²) in [6.45, 7) is 2.09. The Kier molecular flexibility index (Phi) is 5.00. The van der Waals surface area contributed by atoms with Gasteiger partial charge < -0.3 is 14.8 Å². The highest BCUT2D eigenvalue weighted by atomic mass is 32.1. The first-order valence-electron chi connectivity index (χ1n) is 10.1. The molecule has 6 heteroatoms. The average Bonchev–Trinajstić information content (AvgIpc) is 3.35. The van der Waals surface area contributed by atoms with Crippen molar-refractivity contribution in [1.29, 1.82) is 0 Å². The summed E-state index contributed by atoms with van der Waals surface area (Å²) in [4.78, 5) is 6.66. The van der Waals surface area contributed by atoms with E-state index in [2.05, 4.69) is 51.0 Å². The number of hydrogen-bond donors (Lipinski definition) is 1. The van der Waals surface area contributed by atoms with Gasteiger partial charge in [0.1, 0.15) is 11.9 Å². The molecule has 31 heavy (non-hydrogen) atoms. The van der Waals surface area contributed by atoms with Gasteiger partial charge >= 0.3 is 0 Å². The summed E-state index contributed by atoms with van der Waals surface area (Å²) in [5.74, 6) is -0.275. The van der Waals surface area contributed by atoms with Crippen LogP contribution in [0, 0.1) is 12.7 Å². The molecule has 1 saturated heterocycles. The molecule has 1 aliphatic heterocycles. The van der Waals surface area contributed by atoms with Crippen LogP contribution in [0.15, 0.2) is 91.1 Å². The Morgan fingerprint density at radius 1 is 0.871 bits per heavy atom. The summed E-state index contributed by atoms with van der Waals surface area (Å²) in [5, 5.41) is 4.05. The van der Waals surface area contributed by atoms with Crippen LogP contribution in [0.4, 0.5) is 10.1 Å². The van der Waals surface area contributed by atoms with Crippen molar-refractivity contribution in [2.45, 2.75) is 19.0 Å². The third kappa shape index (κ3) is 3.49. The lowest BCUT2D eigenvalue weighted by atomic mass is 10.0. The maximum Gasteiger partial charge on any atom is 0.174 e. The topological polar surface area (TPSA) is 33.1 Å². The SMILES string of the molecule is Cc1ccc(C2C(c3ccccn3)NC(=S)N2c2ccc(F)cc2)n1-c1ccccc1. The van der Waals surface area contributed by atoms with E-state index in [4.69, 9.17) is 12.2 Å². The molecule has 2 aromatic heterocycles. The van der Waals surface area contributed by atoms with Crippen molar-refractivity contribution in [2.24, 2.45) is 0 Å². The Bertz CT molecular complexity index is 1210. The van der Waals surface area contributed by atoms with Gasteiger partial charge in [0.15, 0.2) is 5.11 Å². The summed E-state index contributed by atoms with van der Waals surface area (Å²) >= 11 is 5.76. The number of anilines is 1. The molecule has 0 radical (unpaired) electrons. The van der Waals surface area contributed by atoms with E-state index in [1.54, 1.807) is 18.3 Å². The first-order valence-corrected chi connectivity index (χ1v) is 10.5. The molecule has 2 unspecified atom stereocenters. The predicted octanol–water partition coefficient (Wildman–Crippen LogP) is 5.50. The molecule has 1 fully saturated rings. The van der Waals surface area contributed by atoms with Crippen LogP contribution in [0.25, 0.3) is 5.69 Å². The second-order valence-corrected chi connectivity index (χ2v) is 7.93. The number of aryl methyl sites for hydroxylation is 1. The number of nitrogens with zero attached hydrogens (tertiary/aromatic N) is 3. The number of pyridine rings is 1. The maximum atomic E-state index is 13.6. The predicted molar refractivity (Wildman–Crippen MR) is 125 cm³/mol. The van der Waals surface area contributed by atoms with E-state index in [1.165, 1.54) is 12.1 Å². The van der Waals surface area contributed by atoms with E-state index in [0.29, 0.717) is 5.11 Å². The number of para-hydroxylation sites is 1. The number of nitrogens with one attached hydrogen (secondary N) is 1. The molecule has 154 valence electrons. The average molecular weight is 429 g/mol. The molecule has 0 spiro atoms. The van der Waals surface area contributed by atoms with Crippen molar-refractivity contribution in [2.75, 3.05) is 4.90 Å². The third-order valence-corrected chi connectivity index (χ3v) is 5.94. The number of thiocarbonyl (C=S) groups is 1. The first-order chi connectivity index (χ1) is 15.1. The smallest absolute Gasteiger partial charge is 0.174 e. The second kappa shape index (κ2) is 7.96. The van der Waals surface area contributed by atoms with Gasteiger partial charge in [-0.25, -0.2) is 4.39 Å². The van der Waals surface area contributed by atoms with E-state index in [9.17, 15) is 4.39 Å². The molecule has 2 aromatic carbocycles. The molecule has 0 bridgehead atoms. The van der Waals surface area contributed by atoms with Crippen molar-refractivity contribution < 1.29 is 4.39 Å². The molecule has 1 N–H and O–H groups in total. The summed E-state index contributed by atoms with van der Waals surface area (Å²) in [6.07, 6.45) is 1.79. The quantitative estimate of drug-likeness (QED) is 0.435. The molecule has 2 atom stereocenters. The normalized spacial score (nSPS) is 18.3. The van der Waals surface area contributed by atoms with E-state index >= 15 is 0 Å². The minimum atomic E-state index is -0.275. The van der Waals surface area contributed by atoms with Crippen molar-refractivity contribution in [3.05, 3.63) is 114 Å². The zero-order valence-electron chi connectivity index (χ0n) is 16.9. The van der Waals surface area contributed by atoms with Crippen molar-refractivity contribution in [3.63, 3.8) is 0 Å². The van der Waals surface area contributed by atoms with Gasteiger partial charge in [0, 0.05) is 29.0 Å². The molecule has 0 amide bonds. The Morgan fingerprint density at radius 3 is 2.32 bits per heavy atom. The molecule has 4 nitrogen and oxygen atoms in total. The Morgan fingerprint density at radius 2 is 1.61 bits per heavy atom. The van der Waals surface area contributed by atoms with E-state index < -0.39 is 0 Å². The van der Waals surface area contributed by atoms with Gasteiger partial charge in [-0.05, 0) is 79.8 Å². The van der Waals surface area contributed by atoms with Gasteiger partial charge in [-0.3, -0.25) is 4.98 Å². The Labute approximate surface area is 186 Å². The van der Waals surface area contributed by atoms with Crippen LogP contribution in [0.5, 0.6) is 0 Å². The fourth-order valence-corrected chi connectivity index (χ4v) is 4.60. The molecule has 4 aromatic rings. The minimum Gasteiger partial charge on any atom is -0.351 e. The molecular formula is C25H21FN4S. The van der Waals surface area contributed by atoms with Crippen LogP contribution in [0.1, 0.15) is 29.2 Å². The largest absolute Gasteiger partial charge is 0.351 e. The van der Waals surface area contributed by atoms with Crippen LogP contribution in [-0.2, 0) is 0 Å². The van der Waals surface area contributed by atoms with Crippen LogP contribution < -0.4 is 10.2 Å². The lowest BCUT2D eigenvalue weighted by molar-refractivity contribution is 0.548. The van der Waals surface area contributed by atoms with Crippen LogP contribution in [-0.4, -0.2) is 14.7 Å². The third-order valence-electron chi connectivity index (χ3n) is 5.63. The lowest BCUT2D eigenvalue weighted by Gasteiger charge is -2.29. The second-order valence-electron chi connectivity index (χ2n) is 7.54. The number of halogens is 1. The number of rotatable bonds is 4. The fraction of sp³-hybridized carbons (Fsp3) is 0.120. The van der Waals surface area contributed by atoms with Crippen molar-refractivity contribution in [1.82, 2.24) is 14.9 Å². The number of aromatic nitrogens is 2. The zero-order valence-corrected chi connectivity index (χ0v) is 17.8. The van der Waals surface area contributed by atoms with Gasteiger partial charge in [-0.2, -0.15) is 0 Å². The van der Waals surface area contributed by atoms with Gasteiger partial charge in [0.25, 0.3) is 0 Å².